The van der Waals surface area contributed by atoms with Gasteiger partial charge in [0.05, 0.1) is 5.92 Å². The molecule has 158 valence electrons. The Bertz CT molecular complexity index is 927. The fourth-order valence-corrected chi connectivity index (χ4v) is 3.82. The first-order valence-electron chi connectivity index (χ1n) is 9.82. The van der Waals surface area contributed by atoms with Crippen molar-refractivity contribution in [2.24, 2.45) is 5.92 Å². The van der Waals surface area contributed by atoms with Crippen molar-refractivity contribution in [3.8, 4) is 0 Å². The molecule has 0 aromatic heterocycles. The zero-order chi connectivity index (χ0) is 21.7. The predicted octanol–water partition coefficient (Wildman–Crippen LogP) is 4.83. The summed E-state index contributed by atoms with van der Waals surface area (Å²) in [7, 11) is 0. The first-order chi connectivity index (χ1) is 14.4. The second-order valence-corrected chi connectivity index (χ2v) is 8.15. The van der Waals surface area contributed by atoms with Gasteiger partial charge in [0.25, 0.3) is 5.91 Å². The summed E-state index contributed by atoms with van der Waals surface area (Å²) in [5.41, 5.74) is 1.49. The fraction of sp³-hybridized carbons (Fsp3) is 0.318. The second-order valence-electron chi connectivity index (χ2n) is 7.27. The van der Waals surface area contributed by atoms with E-state index >= 15 is 0 Å². The Morgan fingerprint density at radius 3 is 2.33 bits per heavy atom. The number of amides is 3. The minimum absolute atomic E-state index is 0.0248. The van der Waals surface area contributed by atoms with Crippen molar-refractivity contribution in [2.75, 3.05) is 23.7 Å². The standard InChI is InChI=1S/C22H23Cl2N3O3/c1-2-3-8-27-13-15(9-20(27)28)22(30)25-18-6-4-14(5-7-18)21(29)26-19-11-16(23)10-17(24)12-19/h4-7,10-12,15H,2-3,8-9,13H2,1H3,(H,25,30)(H,26,29)/t15-/m0/s1. The molecule has 3 amide bonds. The van der Waals surface area contributed by atoms with E-state index in [1.54, 1.807) is 47.4 Å². The molecule has 1 aliphatic heterocycles. The number of hydrogen-bond acceptors (Lipinski definition) is 3. The highest BCUT2D eigenvalue weighted by Crippen LogP contribution is 2.24. The minimum Gasteiger partial charge on any atom is -0.342 e. The molecule has 2 aromatic carbocycles. The van der Waals surface area contributed by atoms with Gasteiger partial charge in [0.1, 0.15) is 0 Å². The van der Waals surface area contributed by atoms with Crippen molar-refractivity contribution in [1.29, 1.82) is 0 Å². The molecule has 0 aliphatic carbocycles. The van der Waals surface area contributed by atoms with Crippen molar-refractivity contribution >= 4 is 52.3 Å². The molecule has 0 saturated carbocycles. The lowest BCUT2D eigenvalue weighted by molar-refractivity contribution is -0.128. The first-order valence-corrected chi connectivity index (χ1v) is 10.6. The molecule has 2 N–H and O–H groups in total. The minimum atomic E-state index is -0.357. The van der Waals surface area contributed by atoms with Crippen molar-refractivity contribution in [3.63, 3.8) is 0 Å². The normalized spacial score (nSPS) is 15.9. The Hall–Kier alpha value is -2.57. The summed E-state index contributed by atoms with van der Waals surface area (Å²) in [5.74, 6) is -0.839. The van der Waals surface area contributed by atoms with E-state index in [9.17, 15) is 14.4 Å². The van der Waals surface area contributed by atoms with E-state index in [0.29, 0.717) is 40.1 Å². The lowest BCUT2D eigenvalue weighted by Crippen LogP contribution is -2.29. The average Bonchev–Trinajstić information content (AvgIpc) is 3.07. The third-order valence-corrected chi connectivity index (χ3v) is 5.34. The van der Waals surface area contributed by atoms with Crippen LogP contribution in [-0.2, 0) is 9.59 Å². The molecule has 0 spiro atoms. The number of nitrogens with one attached hydrogen (secondary N) is 2. The number of benzene rings is 2. The van der Waals surface area contributed by atoms with Crippen LogP contribution in [0, 0.1) is 5.92 Å². The topological polar surface area (TPSA) is 78.5 Å². The van der Waals surface area contributed by atoms with Crippen LogP contribution in [0.15, 0.2) is 42.5 Å². The summed E-state index contributed by atoms with van der Waals surface area (Å²) in [5, 5.41) is 6.41. The zero-order valence-corrected chi connectivity index (χ0v) is 18.1. The van der Waals surface area contributed by atoms with Gasteiger partial charge in [0.2, 0.25) is 11.8 Å². The summed E-state index contributed by atoms with van der Waals surface area (Å²) < 4.78 is 0. The molecule has 1 saturated heterocycles. The molecule has 1 aliphatic rings. The Morgan fingerprint density at radius 1 is 1.03 bits per heavy atom. The molecule has 8 heteroatoms. The Balaban J connectivity index is 1.57. The molecule has 0 bridgehead atoms. The molecule has 30 heavy (non-hydrogen) atoms. The van der Waals surface area contributed by atoms with Gasteiger partial charge in [-0.2, -0.15) is 0 Å². The quantitative estimate of drug-likeness (QED) is 0.637. The lowest BCUT2D eigenvalue weighted by atomic mass is 10.1. The summed E-state index contributed by atoms with van der Waals surface area (Å²) in [4.78, 5) is 38.7. The van der Waals surface area contributed by atoms with Crippen molar-refractivity contribution in [2.45, 2.75) is 26.2 Å². The number of carbonyl (C=O) groups is 3. The maximum Gasteiger partial charge on any atom is 0.255 e. The Morgan fingerprint density at radius 2 is 1.70 bits per heavy atom. The van der Waals surface area contributed by atoms with Gasteiger partial charge >= 0.3 is 0 Å². The van der Waals surface area contributed by atoms with Gasteiger partial charge in [-0.05, 0) is 48.9 Å². The largest absolute Gasteiger partial charge is 0.342 e. The molecule has 1 heterocycles. The van der Waals surface area contributed by atoms with Crippen LogP contribution in [0.4, 0.5) is 11.4 Å². The number of hydrogen-bond donors (Lipinski definition) is 2. The molecule has 0 radical (unpaired) electrons. The molecular formula is C22H23Cl2N3O3. The third kappa shape index (κ3) is 5.74. The van der Waals surface area contributed by atoms with Gasteiger partial charge in [0, 0.05) is 46.5 Å². The van der Waals surface area contributed by atoms with Crippen LogP contribution in [0.25, 0.3) is 0 Å². The predicted molar refractivity (Wildman–Crippen MR) is 119 cm³/mol. The van der Waals surface area contributed by atoms with Crippen LogP contribution < -0.4 is 10.6 Å². The van der Waals surface area contributed by atoms with E-state index in [1.165, 1.54) is 0 Å². The molecule has 2 aromatic rings. The summed E-state index contributed by atoms with van der Waals surface area (Å²) in [6, 6.07) is 11.3. The number of unbranched alkanes of at least 4 members (excludes halogenated alkanes) is 1. The van der Waals surface area contributed by atoms with Gasteiger partial charge in [-0.3, -0.25) is 14.4 Å². The monoisotopic (exact) mass is 447 g/mol. The van der Waals surface area contributed by atoms with Crippen LogP contribution >= 0.6 is 23.2 Å². The fourth-order valence-electron chi connectivity index (χ4n) is 3.29. The first kappa shape index (κ1) is 22.1. The van der Waals surface area contributed by atoms with E-state index in [1.807, 2.05) is 0 Å². The maximum absolute atomic E-state index is 12.5. The number of rotatable bonds is 7. The van der Waals surface area contributed by atoms with Crippen LogP contribution in [-0.4, -0.2) is 35.7 Å². The zero-order valence-electron chi connectivity index (χ0n) is 16.6. The van der Waals surface area contributed by atoms with E-state index in [0.717, 1.165) is 12.8 Å². The van der Waals surface area contributed by atoms with Gasteiger partial charge in [-0.1, -0.05) is 36.5 Å². The van der Waals surface area contributed by atoms with E-state index in [-0.39, 0.29) is 30.1 Å². The third-order valence-electron chi connectivity index (χ3n) is 4.90. The second kappa shape index (κ2) is 9.96. The van der Waals surface area contributed by atoms with Crippen LogP contribution in [0.1, 0.15) is 36.5 Å². The summed E-state index contributed by atoms with van der Waals surface area (Å²) in [6.45, 7) is 3.22. The molecule has 6 nitrogen and oxygen atoms in total. The van der Waals surface area contributed by atoms with Crippen LogP contribution in [0.3, 0.4) is 0 Å². The SMILES string of the molecule is CCCCN1C[C@@H](C(=O)Nc2ccc(C(=O)Nc3cc(Cl)cc(Cl)c3)cc2)CC1=O. The number of nitrogens with zero attached hydrogens (tertiary/aromatic N) is 1. The molecule has 1 atom stereocenters. The van der Waals surface area contributed by atoms with Crippen LogP contribution in [0.5, 0.6) is 0 Å². The van der Waals surface area contributed by atoms with Gasteiger partial charge in [0.15, 0.2) is 0 Å². The van der Waals surface area contributed by atoms with Crippen molar-refractivity contribution < 1.29 is 14.4 Å². The Kier molecular flexibility index (Phi) is 7.34. The Labute approximate surface area is 185 Å². The molecule has 3 rings (SSSR count). The average molecular weight is 448 g/mol. The number of carbonyl (C=O) groups excluding carboxylic acids is 3. The van der Waals surface area contributed by atoms with Crippen molar-refractivity contribution in [1.82, 2.24) is 4.90 Å². The van der Waals surface area contributed by atoms with Gasteiger partial charge < -0.3 is 15.5 Å². The smallest absolute Gasteiger partial charge is 0.255 e. The number of halogens is 2. The highest BCUT2D eigenvalue weighted by atomic mass is 35.5. The summed E-state index contributed by atoms with van der Waals surface area (Å²) in [6.07, 6.45) is 2.17. The van der Waals surface area contributed by atoms with Crippen LogP contribution in [0.2, 0.25) is 10.0 Å². The lowest BCUT2D eigenvalue weighted by Gasteiger charge is -2.16. The maximum atomic E-state index is 12.5. The van der Waals surface area contributed by atoms with E-state index in [2.05, 4.69) is 17.6 Å². The van der Waals surface area contributed by atoms with Gasteiger partial charge in [-0.25, -0.2) is 0 Å². The molecule has 1 fully saturated rings. The highest BCUT2D eigenvalue weighted by molar-refractivity contribution is 6.35. The molecular weight excluding hydrogens is 425 g/mol. The van der Waals surface area contributed by atoms with Gasteiger partial charge in [-0.15, -0.1) is 0 Å². The van der Waals surface area contributed by atoms with E-state index in [4.69, 9.17) is 23.2 Å². The summed E-state index contributed by atoms with van der Waals surface area (Å²) >= 11 is 11.9. The molecule has 0 unspecified atom stereocenters. The number of likely N-dealkylation sites (tertiary alicyclic amines) is 1. The number of anilines is 2. The van der Waals surface area contributed by atoms with Crippen molar-refractivity contribution in [3.05, 3.63) is 58.1 Å². The highest BCUT2D eigenvalue weighted by Gasteiger charge is 2.33. The van der Waals surface area contributed by atoms with E-state index < -0.39 is 0 Å².